The van der Waals surface area contributed by atoms with Crippen LogP contribution in [0, 0.1) is 0 Å². The molecule has 0 saturated heterocycles. The van der Waals surface area contributed by atoms with Gasteiger partial charge in [0, 0.05) is 20.4 Å². The number of ether oxygens (including phenoxy) is 1. The van der Waals surface area contributed by atoms with Crippen molar-refractivity contribution in [1.82, 2.24) is 10.2 Å². The lowest BCUT2D eigenvalue weighted by Gasteiger charge is -2.34. The molecule has 6 nitrogen and oxygen atoms in total. The van der Waals surface area contributed by atoms with Gasteiger partial charge in [-0.2, -0.15) is 0 Å². The Morgan fingerprint density at radius 2 is 1.88 bits per heavy atom. The molecule has 6 heteroatoms. The Bertz CT molecular complexity index is 672. The predicted molar refractivity (Wildman–Crippen MR) is 98.1 cm³/mol. The van der Waals surface area contributed by atoms with E-state index in [1.165, 1.54) is 6.92 Å². The number of amides is 2. The number of carbonyl (C=O) groups excluding carboxylic acids is 3. The van der Waals surface area contributed by atoms with Gasteiger partial charge in [0.05, 0.1) is 6.04 Å². The van der Waals surface area contributed by atoms with Crippen molar-refractivity contribution in [3.8, 4) is 0 Å². The van der Waals surface area contributed by atoms with Crippen molar-refractivity contribution < 1.29 is 19.1 Å². The highest BCUT2D eigenvalue weighted by molar-refractivity contribution is 5.87. The zero-order valence-electron chi connectivity index (χ0n) is 15.5. The molecule has 0 spiro atoms. The van der Waals surface area contributed by atoms with Gasteiger partial charge in [-0.1, -0.05) is 42.5 Å². The normalized spacial score (nSPS) is 26.3. The maximum Gasteiger partial charge on any atom is 0.306 e. The summed E-state index contributed by atoms with van der Waals surface area (Å²) in [5.74, 6) is -0.763. The number of nitrogens with one attached hydrogen (secondary N) is 1. The molecule has 140 valence electrons. The van der Waals surface area contributed by atoms with Crippen LogP contribution < -0.4 is 5.32 Å². The van der Waals surface area contributed by atoms with Gasteiger partial charge in [0.2, 0.25) is 11.8 Å². The number of hydrogen-bond acceptors (Lipinski definition) is 4. The van der Waals surface area contributed by atoms with E-state index in [0.717, 1.165) is 5.56 Å². The fourth-order valence-corrected chi connectivity index (χ4v) is 2.96. The van der Waals surface area contributed by atoms with Crippen LogP contribution in [0.5, 0.6) is 0 Å². The highest BCUT2D eigenvalue weighted by Gasteiger charge is 2.32. The summed E-state index contributed by atoms with van der Waals surface area (Å²) >= 11 is 0. The minimum atomic E-state index is -0.636. The minimum absolute atomic E-state index is 0.213. The molecule has 1 heterocycles. The van der Waals surface area contributed by atoms with Gasteiger partial charge < -0.3 is 15.0 Å². The van der Waals surface area contributed by atoms with E-state index in [-0.39, 0.29) is 30.2 Å². The molecule has 0 bridgehead atoms. The molecular formula is C20H26N2O4. The van der Waals surface area contributed by atoms with Crippen LogP contribution in [0.1, 0.15) is 44.8 Å². The van der Waals surface area contributed by atoms with E-state index in [1.54, 1.807) is 11.9 Å². The molecule has 2 amide bonds. The van der Waals surface area contributed by atoms with Crippen molar-refractivity contribution in [1.29, 1.82) is 0 Å². The van der Waals surface area contributed by atoms with Crippen LogP contribution in [0.25, 0.3) is 0 Å². The van der Waals surface area contributed by atoms with Crippen molar-refractivity contribution in [3.05, 3.63) is 48.0 Å². The standard InChI is InChI=1S/C20H26N2O4/c1-14-19(16-10-6-4-7-11-16)26-18(24)13-9-5-8-12-17(21-15(2)23)20(25)22(14)3/h4-8,10-11,14,17,19H,9,12-13H2,1-3H3,(H,21,23)/b8-5+/t14-,17-,19?/m1/s1. The summed E-state index contributed by atoms with van der Waals surface area (Å²) in [5.41, 5.74) is 0.830. The zero-order chi connectivity index (χ0) is 19.1. The monoisotopic (exact) mass is 358 g/mol. The Labute approximate surface area is 154 Å². The highest BCUT2D eigenvalue weighted by atomic mass is 16.5. The third-order valence-electron chi connectivity index (χ3n) is 4.51. The van der Waals surface area contributed by atoms with Gasteiger partial charge >= 0.3 is 5.97 Å². The molecule has 0 radical (unpaired) electrons. The summed E-state index contributed by atoms with van der Waals surface area (Å²) in [6.07, 6.45) is 4.28. The van der Waals surface area contributed by atoms with E-state index >= 15 is 0 Å². The van der Waals surface area contributed by atoms with Gasteiger partial charge in [0.1, 0.15) is 12.1 Å². The molecule has 0 aliphatic carbocycles. The van der Waals surface area contributed by atoms with E-state index in [0.29, 0.717) is 12.8 Å². The van der Waals surface area contributed by atoms with Crippen LogP contribution in [-0.2, 0) is 19.1 Å². The quantitative estimate of drug-likeness (QED) is 0.650. The molecule has 0 fully saturated rings. The number of hydrogen-bond donors (Lipinski definition) is 1. The van der Waals surface area contributed by atoms with Gasteiger partial charge in [-0.25, -0.2) is 0 Å². The summed E-state index contributed by atoms with van der Waals surface area (Å²) in [4.78, 5) is 38.1. The fraction of sp³-hybridized carbons (Fsp3) is 0.450. The first-order chi connectivity index (χ1) is 12.4. The second-order valence-corrected chi connectivity index (χ2v) is 6.51. The molecule has 1 aliphatic heterocycles. The molecule has 0 aromatic heterocycles. The number of benzene rings is 1. The van der Waals surface area contributed by atoms with Crippen LogP contribution in [0.4, 0.5) is 0 Å². The van der Waals surface area contributed by atoms with Crippen LogP contribution >= 0.6 is 0 Å². The van der Waals surface area contributed by atoms with Crippen LogP contribution in [0.2, 0.25) is 0 Å². The van der Waals surface area contributed by atoms with Gasteiger partial charge in [0.15, 0.2) is 0 Å². The van der Waals surface area contributed by atoms with Gasteiger partial charge in [-0.3, -0.25) is 14.4 Å². The van der Waals surface area contributed by atoms with Gasteiger partial charge in [-0.15, -0.1) is 0 Å². The Morgan fingerprint density at radius 1 is 1.19 bits per heavy atom. The molecule has 26 heavy (non-hydrogen) atoms. The van der Waals surface area contributed by atoms with Crippen LogP contribution in [0.15, 0.2) is 42.5 Å². The Morgan fingerprint density at radius 3 is 2.54 bits per heavy atom. The van der Waals surface area contributed by atoms with E-state index in [9.17, 15) is 14.4 Å². The fourth-order valence-electron chi connectivity index (χ4n) is 2.96. The average molecular weight is 358 g/mol. The number of nitrogens with zero attached hydrogens (tertiary/aromatic N) is 1. The topological polar surface area (TPSA) is 75.7 Å². The molecule has 2 rings (SSSR count). The largest absolute Gasteiger partial charge is 0.455 e. The maximum absolute atomic E-state index is 12.9. The van der Waals surface area contributed by atoms with E-state index in [1.807, 2.05) is 49.4 Å². The molecule has 0 saturated carbocycles. The SMILES string of the molecule is CC(=O)N[C@@H]1C/C=C/CCC(=O)OC(c2ccccc2)[C@@H](C)N(C)C1=O. The molecular weight excluding hydrogens is 332 g/mol. The minimum Gasteiger partial charge on any atom is -0.455 e. The molecule has 1 unspecified atom stereocenters. The van der Waals surface area contributed by atoms with E-state index in [4.69, 9.17) is 4.74 Å². The lowest BCUT2D eigenvalue weighted by atomic mass is 10.0. The summed E-state index contributed by atoms with van der Waals surface area (Å²) in [5, 5.41) is 2.71. The van der Waals surface area contributed by atoms with Crippen molar-refractivity contribution >= 4 is 17.8 Å². The molecule has 1 N–H and O–H groups in total. The Hall–Kier alpha value is -2.63. The number of cyclic esters (lactones) is 1. The first-order valence-electron chi connectivity index (χ1n) is 8.83. The summed E-state index contributed by atoms with van der Waals surface area (Å²) in [6, 6.07) is 8.37. The smallest absolute Gasteiger partial charge is 0.306 e. The number of likely N-dealkylation sites (N-methyl/N-ethyl adjacent to an activating group) is 1. The third-order valence-corrected chi connectivity index (χ3v) is 4.51. The Kier molecular flexibility index (Phi) is 6.95. The summed E-state index contributed by atoms with van der Waals surface area (Å²) in [6.45, 7) is 3.24. The van der Waals surface area contributed by atoms with E-state index in [2.05, 4.69) is 5.32 Å². The molecule has 1 aliphatic rings. The summed E-state index contributed by atoms with van der Waals surface area (Å²) in [7, 11) is 1.67. The van der Waals surface area contributed by atoms with Crippen molar-refractivity contribution in [2.75, 3.05) is 7.05 Å². The zero-order valence-corrected chi connectivity index (χ0v) is 15.5. The number of rotatable bonds is 2. The van der Waals surface area contributed by atoms with Crippen LogP contribution in [-0.4, -0.2) is 41.8 Å². The van der Waals surface area contributed by atoms with Crippen molar-refractivity contribution in [2.24, 2.45) is 0 Å². The Balaban J connectivity index is 2.34. The number of allylic oxidation sites excluding steroid dienone is 1. The first kappa shape index (κ1) is 19.7. The van der Waals surface area contributed by atoms with Crippen molar-refractivity contribution in [3.63, 3.8) is 0 Å². The van der Waals surface area contributed by atoms with E-state index < -0.39 is 12.1 Å². The van der Waals surface area contributed by atoms with Crippen molar-refractivity contribution in [2.45, 2.75) is 51.3 Å². The second kappa shape index (κ2) is 9.17. The number of carbonyl (C=O) groups is 3. The lowest BCUT2D eigenvalue weighted by Crippen LogP contribution is -2.50. The lowest BCUT2D eigenvalue weighted by molar-refractivity contribution is -0.156. The average Bonchev–Trinajstić information content (AvgIpc) is 2.62. The molecule has 3 atom stereocenters. The first-order valence-corrected chi connectivity index (χ1v) is 8.83. The van der Waals surface area contributed by atoms with Gasteiger partial charge in [-0.05, 0) is 25.3 Å². The number of esters is 1. The maximum atomic E-state index is 12.9. The summed E-state index contributed by atoms with van der Waals surface area (Å²) < 4.78 is 5.70. The molecule has 1 aromatic rings. The third kappa shape index (κ3) is 5.18. The predicted octanol–water partition coefficient (Wildman–Crippen LogP) is 2.36. The van der Waals surface area contributed by atoms with Crippen LogP contribution in [0.3, 0.4) is 0 Å². The molecule has 1 aromatic carbocycles. The highest BCUT2D eigenvalue weighted by Crippen LogP contribution is 2.26. The van der Waals surface area contributed by atoms with Gasteiger partial charge in [0.25, 0.3) is 0 Å². The second-order valence-electron chi connectivity index (χ2n) is 6.51.